The fraction of sp³-hybridized carbons (Fsp3) is 0.733. The maximum atomic E-state index is 9.50. The first-order chi connectivity index (χ1) is 9.11. The SMILES string of the molecule is CC(C)C(CO)c1nccc(C2CCCN(C)C2)n1. The second kappa shape index (κ2) is 6.44. The van der Waals surface area contributed by atoms with Crippen LogP contribution in [0.5, 0.6) is 0 Å². The summed E-state index contributed by atoms with van der Waals surface area (Å²) in [5, 5.41) is 9.50. The van der Waals surface area contributed by atoms with Crippen molar-refractivity contribution >= 4 is 0 Å². The van der Waals surface area contributed by atoms with Gasteiger partial charge in [-0.05, 0) is 38.4 Å². The third-order valence-corrected chi connectivity index (χ3v) is 4.07. The Morgan fingerprint density at radius 2 is 2.26 bits per heavy atom. The molecule has 0 spiro atoms. The maximum Gasteiger partial charge on any atom is 0.134 e. The Morgan fingerprint density at radius 1 is 1.47 bits per heavy atom. The van der Waals surface area contributed by atoms with Crippen LogP contribution in [0.2, 0.25) is 0 Å². The zero-order chi connectivity index (χ0) is 13.8. The summed E-state index contributed by atoms with van der Waals surface area (Å²) in [6.45, 7) is 6.57. The number of nitrogens with zero attached hydrogens (tertiary/aromatic N) is 3. The van der Waals surface area contributed by atoms with Crippen LogP contribution in [-0.4, -0.2) is 46.7 Å². The molecule has 2 atom stereocenters. The number of aromatic nitrogens is 2. The van der Waals surface area contributed by atoms with Gasteiger partial charge in [-0.25, -0.2) is 9.97 Å². The summed E-state index contributed by atoms with van der Waals surface area (Å²) >= 11 is 0. The molecule has 0 aliphatic carbocycles. The summed E-state index contributed by atoms with van der Waals surface area (Å²) in [5.41, 5.74) is 1.13. The lowest BCUT2D eigenvalue weighted by molar-refractivity contribution is 0.229. The summed E-state index contributed by atoms with van der Waals surface area (Å²) in [7, 11) is 2.17. The van der Waals surface area contributed by atoms with Crippen LogP contribution >= 0.6 is 0 Å². The van der Waals surface area contributed by atoms with Crippen LogP contribution in [0.3, 0.4) is 0 Å². The van der Waals surface area contributed by atoms with E-state index in [9.17, 15) is 5.11 Å². The van der Waals surface area contributed by atoms with Crippen LogP contribution in [0.4, 0.5) is 0 Å². The number of likely N-dealkylation sites (N-methyl/N-ethyl adjacent to an activating group) is 1. The van der Waals surface area contributed by atoms with E-state index in [1.54, 1.807) is 0 Å². The first-order valence-corrected chi connectivity index (χ1v) is 7.24. The van der Waals surface area contributed by atoms with Crippen LogP contribution in [0.15, 0.2) is 12.3 Å². The molecule has 1 aromatic heterocycles. The van der Waals surface area contributed by atoms with Gasteiger partial charge >= 0.3 is 0 Å². The smallest absolute Gasteiger partial charge is 0.134 e. The molecule has 1 aliphatic heterocycles. The fourth-order valence-electron chi connectivity index (χ4n) is 2.79. The minimum atomic E-state index is 0.0428. The van der Waals surface area contributed by atoms with Crippen LogP contribution < -0.4 is 0 Å². The average Bonchev–Trinajstić information content (AvgIpc) is 2.39. The number of hydrogen-bond acceptors (Lipinski definition) is 4. The first kappa shape index (κ1) is 14.4. The van der Waals surface area contributed by atoms with E-state index >= 15 is 0 Å². The van der Waals surface area contributed by atoms with E-state index in [0.29, 0.717) is 11.8 Å². The van der Waals surface area contributed by atoms with Crippen molar-refractivity contribution in [2.45, 2.75) is 38.5 Å². The van der Waals surface area contributed by atoms with Gasteiger partial charge < -0.3 is 10.0 Å². The Balaban J connectivity index is 2.18. The molecule has 0 amide bonds. The summed E-state index contributed by atoms with van der Waals surface area (Å²) in [4.78, 5) is 11.4. The molecular weight excluding hydrogens is 238 g/mol. The van der Waals surface area contributed by atoms with Crippen molar-refractivity contribution in [3.05, 3.63) is 23.8 Å². The second-order valence-electron chi connectivity index (χ2n) is 5.97. The van der Waals surface area contributed by atoms with Gasteiger partial charge in [0.2, 0.25) is 0 Å². The molecule has 4 nitrogen and oxygen atoms in total. The Kier molecular flexibility index (Phi) is 4.88. The van der Waals surface area contributed by atoms with Gasteiger partial charge in [-0.15, -0.1) is 0 Å². The third-order valence-electron chi connectivity index (χ3n) is 4.07. The van der Waals surface area contributed by atoms with Gasteiger partial charge in [0, 0.05) is 30.3 Å². The predicted molar refractivity (Wildman–Crippen MR) is 76.2 cm³/mol. The zero-order valence-corrected chi connectivity index (χ0v) is 12.2. The summed E-state index contributed by atoms with van der Waals surface area (Å²) in [6, 6.07) is 2.03. The lowest BCUT2D eigenvalue weighted by Crippen LogP contribution is -2.31. The van der Waals surface area contributed by atoms with E-state index in [4.69, 9.17) is 4.98 Å². The number of aliphatic hydroxyl groups excluding tert-OH is 1. The summed E-state index contributed by atoms with van der Waals surface area (Å²) in [5.74, 6) is 1.70. The van der Waals surface area contributed by atoms with Crippen molar-refractivity contribution < 1.29 is 5.11 Å². The molecule has 1 saturated heterocycles. The molecule has 1 aromatic rings. The summed E-state index contributed by atoms with van der Waals surface area (Å²) < 4.78 is 0. The van der Waals surface area contributed by atoms with E-state index in [2.05, 4.69) is 30.8 Å². The minimum absolute atomic E-state index is 0.0428. The van der Waals surface area contributed by atoms with Crippen molar-refractivity contribution in [1.29, 1.82) is 0 Å². The first-order valence-electron chi connectivity index (χ1n) is 7.24. The van der Waals surface area contributed by atoms with Gasteiger partial charge in [-0.2, -0.15) is 0 Å². The highest BCUT2D eigenvalue weighted by molar-refractivity contribution is 5.12. The number of piperidine rings is 1. The van der Waals surface area contributed by atoms with E-state index in [1.165, 1.54) is 19.4 Å². The summed E-state index contributed by atoms with van der Waals surface area (Å²) in [6.07, 6.45) is 4.28. The number of rotatable bonds is 4. The quantitative estimate of drug-likeness (QED) is 0.903. The molecule has 106 valence electrons. The van der Waals surface area contributed by atoms with E-state index in [0.717, 1.165) is 18.1 Å². The normalized spacial score (nSPS) is 22.7. The van der Waals surface area contributed by atoms with Crippen molar-refractivity contribution in [3.63, 3.8) is 0 Å². The van der Waals surface area contributed by atoms with Gasteiger partial charge in [0.05, 0.1) is 6.61 Å². The number of hydrogen-bond donors (Lipinski definition) is 1. The Morgan fingerprint density at radius 3 is 2.89 bits per heavy atom. The largest absolute Gasteiger partial charge is 0.396 e. The molecule has 0 saturated carbocycles. The van der Waals surface area contributed by atoms with E-state index in [1.807, 2.05) is 12.3 Å². The Labute approximate surface area is 115 Å². The molecule has 2 heterocycles. The lowest BCUT2D eigenvalue weighted by Gasteiger charge is -2.29. The lowest BCUT2D eigenvalue weighted by atomic mass is 9.93. The molecule has 1 aliphatic rings. The molecule has 2 unspecified atom stereocenters. The van der Waals surface area contributed by atoms with Crippen molar-refractivity contribution in [3.8, 4) is 0 Å². The number of aliphatic hydroxyl groups is 1. The van der Waals surface area contributed by atoms with Crippen LogP contribution in [0, 0.1) is 5.92 Å². The molecule has 19 heavy (non-hydrogen) atoms. The molecular formula is C15H25N3O. The third kappa shape index (κ3) is 3.51. The fourth-order valence-corrected chi connectivity index (χ4v) is 2.79. The highest BCUT2D eigenvalue weighted by Crippen LogP contribution is 2.26. The van der Waals surface area contributed by atoms with Crippen LogP contribution in [0.25, 0.3) is 0 Å². The Hall–Kier alpha value is -1.00. The molecule has 1 N–H and O–H groups in total. The van der Waals surface area contributed by atoms with Crippen LogP contribution in [0.1, 0.15) is 50.0 Å². The number of likely N-dealkylation sites (tertiary alicyclic amines) is 1. The van der Waals surface area contributed by atoms with Crippen molar-refractivity contribution in [1.82, 2.24) is 14.9 Å². The molecule has 0 aromatic carbocycles. The van der Waals surface area contributed by atoms with Crippen molar-refractivity contribution in [2.24, 2.45) is 5.92 Å². The molecule has 0 radical (unpaired) electrons. The van der Waals surface area contributed by atoms with Gasteiger partial charge in [-0.3, -0.25) is 0 Å². The second-order valence-corrected chi connectivity index (χ2v) is 5.97. The van der Waals surface area contributed by atoms with Gasteiger partial charge in [0.1, 0.15) is 5.82 Å². The van der Waals surface area contributed by atoms with Crippen LogP contribution in [-0.2, 0) is 0 Å². The van der Waals surface area contributed by atoms with Gasteiger partial charge in [0.25, 0.3) is 0 Å². The molecule has 0 bridgehead atoms. The Bertz CT molecular complexity index is 408. The standard InChI is InChI=1S/C15H25N3O/c1-11(2)13(10-19)15-16-7-6-14(17-15)12-5-4-8-18(3)9-12/h6-7,11-13,19H,4-5,8-10H2,1-3H3. The monoisotopic (exact) mass is 263 g/mol. The highest BCUT2D eigenvalue weighted by Gasteiger charge is 2.23. The highest BCUT2D eigenvalue weighted by atomic mass is 16.3. The van der Waals surface area contributed by atoms with E-state index < -0.39 is 0 Å². The van der Waals surface area contributed by atoms with E-state index in [-0.39, 0.29) is 12.5 Å². The molecule has 2 rings (SSSR count). The van der Waals surface area contributed by atoms with Gasteiger partial charge in [-0.1, -0.05) is 13.8 Å². The maximum absolute atomic E-state index is 9.50. The average molecular weight is 263 g/mol. The van der Waals surface area contributed by atoms with Gasteiger partial charge in [0.15, 0.2) is 0 Å². The molecule has 1 fully saturated rings. The topological polar surface area (TPSA) is 49.3 Å². The zero-order valence-electron chi connectivity index (χ0n) is 12.2. The van der Waals surface area contributed by atoms with Crippen molar-refractivity contribution in [2.75, 3.05) is 26.7 Å². The minimum Gasteiger partial charge on any atom is -0.396 e. The molecule has 4 heteroatoms. The predicted octanol–water partition coefficient (Wildman–Crippen LogP) is 2.02.